The van der Waals surface area contributed by atoms with Crippen LogP contribution in [0.2, 0.25) is 0 Å². The summed E-state index contributed by atoms with van der Waals surface area (Å²) in [5.41, 5.74) is 1.65. The van der Waals surface area contributed by atoms with Crippen molar-refractivity contribution in [3.63, 3.8) is 0 Å². The number of methoxy groups -OCH3 is 1. The summed E-state index contributed by atoms with van der Waals surface area (Å²) in [6.45, 7) is 4.69. The van der Waals surface area contributed by atoms with Gasteiger partial charge in [-0.1, -0.05) is 13.8 Å². The topological polar surface area (TPSA) is 21.3 Å². The Hall–Kier alpha value is -0.700. The maximum Gasteiger partial charge on any atom is 0.133 e. The highest BCUT2D eigenvalue weighted by Gasteiger charge is 2.30. The monoisotopic (exact) mass is 297 g/mol. The molecule has 3 heteroatoms. The first-order valence-corrected chi connectivity index (χ1v) is 6.89. The second-order valence-electron chi connectivity index (χ2n) is 5.60. The number of hydrogen-bond acceptors (Lipinski definition) is 2. The minimum absolute atomic E-state index is 0.487. The number of hydrogen-bond donors (Lipinski definition) is 1. The SMILES string of the molecule is COc1ccc(NC2CCC(C)(C)C2)cc1Br. The highest BCUT2D eigenvalue weighted by molar-refractivity contribution is 9.10. The van der Waals surface area contributed by atoms with Crippen LogP contribution in [0.25, 0.3) is 0 Å². The number of halogens is 1. The Morgan fingerprint density at radius 2 is 2.18 bits per heavy atom. The van der Waals surface area contributed by atoms with Crippen molar-refractivity contribution in [3.8, 4) is 5.75 Å². The van der Waals surface area contributed by atoms with Gasteiger partial charge in [-0.3, -0.25) is 0 Å². The van der Waals surface area contributed by atoms with Crippen molar-refractivity contribution in [1.29, 1.82) is 0 Å². The summed E-state index contributed by atoms with van der Waals surface area (Å²) < 4.78 is 6.23. The molecule has 0 aromatic heterocycles. The van der Waals surface area contributed by atoms with E-state index in [1.54, 1.807) is 7.11 Å². The van der Waals surface area contributed by atoms with E-state index in [-0.39, 0.29) is 0 Å². The molecule has 0 amide bonds. The first-order valence-electron chi connectivity index (χ1n) is 6.10. The lowest BCUT2D eigenvalue weighted by Crippen LogP contribution is -2.17. The molecule has 1 N–H and O–H groups in total. The molecule has 1 aliphatic rings. The average molecular weight is 298 g/mol. The van der Waals surface area contributed by atoms with Crippen molar-refractivity contribution < 1.29 is 4.74 Å². The first-order chi connectivity index (χ1) is 8.00. The molecule has 1 aromatic carbocycles. The third-order valence-corrected chi connectivity index (χ3v) is 4.11. The Morgan fingerprint density at radius 3 is 2.71 bits per heavy atom. The van der Waals surface area contributed by atoms with Gasteiger partial charge in [-0.15, -0.1) is 0 Å². The number of nitrogens with one attached hydrogen (secondary N) is 1. The summed E-state index contributed by atoms with van der Waals surface area (Å²) in [7, 11) is 1.69. The largest absolute Gasteiger partial charge is 0.496 e. The van der Waals surface area contributed by atoms with Crippen LogP contribution in [-0.2, 0) is 0 Å². The fourth-order valence-electron chi connectivity index (χ4n) is 2.55. The van der Waals surface area contributed by atoms with Crippen molar-refractivity contribution in [2.45, 2.75) is 39.2 Å². The fourth-order valence-corrected chi connectivity index (χ4v) is 3.09. The number of rotatable bonds is 3. The Balaban J connectivity index is 2.02. The van der Waals surface area contributed by atoms with Crippen molar-refractivity contribution in [3.05, 3.63) is 22.7 Å². The van der Waals surface area contributed by atoms with Crippen LogP contribution in [0, 0.1) is 5.41 Å². The summed E-state index contributed by atoms with van der Waals surface area (Å²) in [5.74, 6) is 0.877. The Labute approximate surface area is 112 Å². The third-order valence-electron chi connectivity index (χ3n) is 3.49. The van der Waals surface area contributed by atoms with Gasteiger partial charge in [-0.05, 0) is 58.8 Å². The van der Waals surface area contributed by atoms with Crippen LogP contribution in [0.15, 0.2) is 22.7 Å². The molecule has 2 rings (SSSR count). The van der Waals surface area contributed by atoms with Gasteiger partial charge in [0.1, 0.15) is 5.75 Å². The van der Waals surface area contributed by atoms with E-state index in [0.717, 1.165) is 10.2 Å². The van der Waals surface area contributed by atoms with Gasteiger partial charge in [0.05, 0.1) is 11.6 Å². The van der Waals surface area contributed by atoms with Crippen LogP contribution < -0.4 is 10.1 Å². The van der Waals surface area contributed by atoms with Gasteiger partial charge < -0.3 is 10.1 Å². The molecule has 1 saturated carbocycles. The van der Waals surface area contributed by atoms with Crippen LogP contribution in [0.5, 0.6) is 5.75 Å². The van der Waals surface area contributed by atoms with Gasteiger partial charge in [-0.25, -0.2) is 0 Å². The molecule has 0 spiro atoms. The van der Waals surface area contributed by atoms with E-state index in [1.807, 2.05) is 6.07 Å². The zero-order chi connectivity index (χ0) is 12.5. The average Bonchev–Trinajstić information content (AvgIpc) is 2.58. The summed E-state index contributed by atoms with van der Waals surface area (Å²) in [6.07, 6.45) is 3.81. The molecular weight excluding hydrogens is 278 g/mol. The van der Waals surface area contributed by atoms with Crippen molar-refractivity contribution in [2.75, 3.05) is 12.4 Å². The molecule has 0 bridgehead atoms. The summed E-state index contributed by atoms with van der Waals surface area (Å²) in [4.78, 5) is 0. The lowest BCUT2D eigenvalue weighted by Gasteiger charge is -2.19. The fraction of sp³-hybridized carbons (Fsp3) is 0.571. The normalized spacial score (nSPS) is 22.5. The molecule has 0 radical (unpaired) electrons. The minimum Gasteiger partial charge on any atom is -0.496 e. The van der Waals surface area contributed by atoms with Crippen LogP contribution in [-0.4, -0.2) is 13.2 Å². The molecule has 17 heavy (non-hydrogen) atoms. The highest BCUT2D eigenvalue weighted by Crippen LogP contribution is 2.38. The minimum atomic E-state index is 0.487. The van der Waals surface area contributed by atoms with Crippen molar-refractivity contribution >= 4 is 21.6 Å². The van der Waals surface area contributed by atoms with Gasteiger partial charge in [0.2, 0.25) is 0 Å². The molecule has 0 heterocycles. The zero-order valence-electron chi connectivity index (χ0n) is 10.7. The van der Waals surface area contributed by atoms with Gasteiger partial charge >= 0.3 is 0 Å². The van der Waals surface area contributed by atoms with E-state index in [2.05, 4.69) is 47.2 Å². The summed E-state index contributed by atoms with van der Waals surface area (Å²) in [5, 5.41) is 3.60. The molecule has 1 fully saturated rings. The summed E-state index contributed by atoms with van der Waals surface area (Å²) >= 11 is 3.51. The van der Waals surface area contributed by atoms with E-state index in [0.29, 0.717) is 11.5 Å². The third kappa shape index (κ3) is 3.15. The molecule has 0 aliphatic heterocycles. The van der Waals surface area contributed by atoms with Gasteiger partial charge in [0, 0.05) is 11.7 Å². The van der Waals surface area contributed by atoms with Crippen LogP contribution in [0.3, 0.4) is 0 Å². The lowest BCUT2D eigenvalue weighted by molar-refractivity contribution is 0.378. The number of benzene rings is 1. The molecule has 94 valence electrons. The second-order valence-corrected chi connectivity index (χ2v) is 6.45. The van der Waals surface area contributed by atoms with Crippen molar-refractivity contribution in [2.24, 2.45) is 5.41 Å². The van der Waals surface area contributed by atoms with Crippen molar-refractivity contribution in [1.82, 2.24) is 0 Å². The van der Waals surface area contributed by atoms with E-state index >= 15 is 0 Å². The lowest BCUT2D eigenvalue weighted by atomic mass is 9.92. The van der Waals surface area contributed by atoms with E-state index in [9.17, 15) is 0 Å². The first kappa shape index (κ1) is 12.7. The van der Waals surface area contributed by atoms with Crippen LogP contribution in [0.4, 0.5) is 5.69 Å². The van der Waals surface area contributed by atoms with Crippen LogP contribution >= 0.6 is 15.9 Å². The second kappa shape index (κ2) is 4.89. The Morgan fingerprint density at radius 1 is 1.41 bits per heavy atom. The zero-order valence-corrected chi connectivity index (χ0v) is 12.3. The smallest absolute Gasteiger partial charge is 0.133 e. The van der Waals surface area contributed by atoms with E-state index < -0.39 is 0 Å². The standard InChI is InChI=1S/C14H20BrNO/c1-14(2)7-6-11(9-14)16-10-4-5-13(17-3)12(15)8-10/h4-5,8,11,16H,6-7,9H2,1-3H3. The molecule has 1 aromatic rings. The number of anilines is 1. The van der Waals surface area contributed by atoms with Gasteiger partial charge in [0.15, 0.2) is 0 Å². The maximum absolute atomic E-state index is 5.23. The predicted octanol–water partition coefficient (Wildman–Crippen LogP) is 4.45. The quantitative estimate of drug-likeness (QED) is 0.890. The summed E-state index contributed by atoms with van der Waals surface area (Å²) in [6, 6.07) is 6.76. The van der Waals surface area contributed by atoms with Gasteiger partial charge in [0.25, 0.3) is 0 Å². The Bertz CT molecular complexity index is 403. The highest BCUT2D eigenvalue weighted by atomic mass is 79.9. The predicted molar refractivity (Wildman–Crippen MR) is 75.7 cm³/mol. The maximum atomic E-state index is 5.23. The molecule has 1 aliphatic carbocycles. The Kier molecular flexibility index (Phi) is 3.67. The van der Waals surface area contributed by atoms with Gasteiger partial charge in [-0.2, -0.15) is 0 Å². The number of ether oxygens (including phenoxy) is 1. The molecule has 1 unspecified atom stereocenters. The molecular formula is C14H20BrNO. The molecule has 1 atom stereocenters. The van der Waals surface area contributed by atoms with E-state index in [1.165, 1.54) is 24.9 Å². The molecule has 2 nitrogen and oxygen atoms in total. The molecule has 0 saturated heterocycles. The van der Waals surface area contributed by atoms with E-state index in [4.69, 9.17) is 4.74 Å². The van der Waals surface area contributed by atoms with Crippen LogP contribution in [0.1, 0.15) is 33.1 Å².